The van der Waals surface area contributed by atoms with E-state index in [1.165, 1.54) is 18.4 Å². The molecular formula is C15H24N2O. The van der Waals surface area contributed by atoms with Crippen molar-refractivity contribution in [3.05, 3.63) is 35.9 Å². The summed E-state index contributed by atoms with van der Waals surface area (Å²) in [5.74, 6) is 0. The summed E-state index contributed by atoms with van der Waals surface area (Å²) in [5.41, 5.74) is 1.20. The van der Waals surface area contributed by atoms with Gasteiger partial charge in [-0.15, -0.1) is 0 Å². The summed E-state index contributed by atoms with van der Waals surface area (Å²) < 4.78 is 0. The summed E-state index contributed by atoms with van der Waals surface area (Å²) in [6.45, 7) is 3.02. The Labute approximate surface area is 110 Å². The third kappa shape index (κ3) is 4.41. The van der Waals surface area contributed by atoms with Gasteiger partial charge in [0.25, 0.3) is 0 Å². The van der Waals surface area contributed by atoms with Crippen LogP contribution in [-0.2, 0) is 6.42 Å². The minimum Gasteiger partial charge on any atom is -0.391 e. The van der Waals surface area contributed by atoms with Crippen molar-refractivity contribution in [2.75, 3.05) is 26.7 Å². The van der Waals surface area contributed by atoms with Gasteiger partial charge in [0.2, 0.25) is 0 Å². The van der Waals surface area contributed by atoms with E-state index in [-0.39, 0.29) is 6.10 Å². The van der Waals surface area contributed by atoms with Gasteiger partial charge in [-0.1, -0.05) is 30.3 Å². The van der Waals surface area contributed by atoms with Crippen LogP contribution in [0.15, 0.2) is 30.3 Å². The zero-order chi connectivity index (χ0) is 12.8. The Morgan fingerprint density at radius 3 is 2.61 bits per heavy atom. The second kappa shape index (κ2) is 6.88. The van der Waals surface area contributed by atoms with Crippen molar-refractivity contribution < 1.29 is 5.11 Å². The lowest BCUT2D eigenvalue weighted by molar-refractivity contribution is 0.156. The number of piperidine rings is 1. The molecule has 1 aliphatic heterocycles. The first-order valence-electron chi connectivity index (χ1n) is 6.88. The molecule has 0 bridgehead atoms. The molecule has 0 aromatic heterocycles. The summed E-state index contributed by atoms with van der Waals surface area (Å²) in [6, 6.07) is 10.8. The van der Waals surface area contributed by atoms with Crippen LogP contribution in [-0.4, -0.2) is 48.8 Å². The van der Waals surface area contributed by atoms with E-state index in [1.807, 2.05) is 18.2 Å². The monoisotopic (exact) mass is 248 g/mol. The van der Waals surface area contributed by atoms with E-state index >= 15 is 0 Å². The number of hydrogen-bond acceptors (Lipinski definition) is 3. The zero-order valence-electron chi connectivity index (χ0n) is 11.2. The van der Waals surface area contributed by atoms with Crippen molar-refractivity contribution in [2.45, 2.75) is 31.4 Å². The van der Waals surface area contributed by atoms with E-state index in [2.05, 4.69) is 29.4 Å². The van der Waals surface area contributed by atoms with Gasteiger partial charge in [0, 0.05) is 12.6 Å². The quantitative estimate of drug-likeness (QED) is 0.824. The fourth-order valence-electron chi connectivity index (χ4n) is 2.47. The summed E-state index contributed by atoms with van der Waals surface area (Å²) in [7, 11) is 2.17. The Hall–Kier alpha value is -0.900. The second-order valence-electron chi connectivity index (χ2n) is 5.33. The number of aliphatic hydroxyl groups excluding tert-OH is 1. The van der Waals surface area contributed by atoms with Crippen LogP contribution < -0.4 is 5.32 Å². The average molecular weight is 248 g/mol. The Balaban J connectivity index is 1.67. The molecule has 1 aromatic carbocycles. The van der Waals surface area contributed by atoms with E-state index in [4.69, 9.17) is 0 Å². The summed E-state index contributed by atoms with van der Waals surface area (Å²) in [4.78, 5) is 2.36. The molecule has 1 saturated heterocycles. The predicted octanol–water partition coefficient (Wildman–Crippen LogP) is 1.27. The molecule has 1 fully saturated rings. The first-order valence-corrected chi connectivity index (χ1v) is 6.88. The zero-order valence-corrected chi connectivity index (χ0v) is 11.2. The highest BCUT2D eigenvalue weighted by molar-refractivity contribution is 5.15. The van der Waals surface area contributed by atoms with E-state index in [0.29, 0.717) is 12.6 Å². The molecule has 18 heavy (non-hydrogen) atoms. The molecule has 0 amide bonds. The summed E-state index contributed by atoms with van der Waals surface area (Å²) in [6.07, 6.45) is 2.83. The number of likely N-dealkylation sites (tertiary alicyclic amines) is 1. The lowest BCUT2D eigenvalue weighted by atomic mass is 10.0. The topological polar surface area (TPSA) is 35.5 Å². The highest BCUT2D eigenvalue weighted by atomic mass is 16.3. The Kier molecular flexibility index (Phi) is 5.17. The summed E-state index contributed by atoms with van der Waals surface area (Å²) >= 11 is 0. The largest absolute Gasteiger partial charge is 0.391 e. The van der Waals surface area contributed by atoms with Crippen molar-refractivity contribution >= 4 is 0 Å². The summed E-state index contributed by atoms with van der Waals surface area (Å²) in [5, 5.41) is 13.5. The maximum Gasteiger partial charge on any atom is 0.0704 e. The molecule has 100 valence electrons. The predicted molar refractivity (Wildman–Crippen MR) is 74.7 cm³/mol. The fraction of sp³-hybridized carbons (Fsp3) is 0.600. The molecule has 1 unspecified atom stereocenters. The van der Waals surface area contributed by atoms with E-state index < -0.39 is 0 Å². The molecule has 0 saturated carbocycles. The van der Waals surface area contributed by atoms with Crippen LogP contribution in [0.5, 0.6) is 0 Å². The van der Waals surface area contributed by atoms with E-state index in [0.717, 1.165) is 19.5 Å². The standard InChI is InChI=1S/C15H24N2O/c1-17-9-7-14(8-10-17)16-12-15(18)11-13-5-3-2-4-6-13/h2-6,14-16,18H,7-12H2,1H3. The molecule has 0 aliphatic carbocycles. The number of nitrogens with one attached hydrogen (secondary N) is 1. The minimum absolute atomic E-state index is 0.285. The molecule has 1 aromatic rings. The van der Waals surface area contributed by atoms with Gasteiger partial charge < -0.3 is 15.3 Å². The van der Waals surface area contributed by atoms with Crippen LogP contribution in [0.1, 0.15) is 18.4 Å². The van der Waals surface area contributed by atoms with Crippen molar-refractivity contribution in [1.82, 2.24) is 10.2 Å². The smallest absolute Gasteiger partial charge is 0.0704 e. The van der Waals surface area contributed by atoms with Crippen molar-refractivity contribution in [3.8, 4) is 0 Å². The molecule has 2 N–H and O–H groups in total. The molecule has 2 rings (SSSR count). The number of benzene rings is 1. The highest BCUT2D eigenvalue weighted by Gasteiger charge is 2.17. The normalized spacial score (nSPS) is 19.9. The molecule has 1 heterocycles. The third-order valence-electron chi connectivity index (χ3n) is 3.67. The van der Waals surface area contributed by atoms with Gasteiger partial charge in [-0.3, -0.25) is 0 Å². The fourth-order valence-corrected chi connectivity index (χ4v) is 2.47. The molecule has 0 radical (unpaired) electrons. The van der Waals surface area contributed by atoms with Gasteiger partial charge >= 0.3 is 0 Å². The highest BCUT2D eigenvalue weighted by Crippen LogP contribution is 2.08. The first kappa shape index (κ1) is 13.5. The number of nitrogens with zero attached hydrogens (tertiary/aromatic N) is 1. The Morgan fingerprint density at radius 1 is 1.28 bits per heavy atom. The van der Waals surface area contributed by atoms with E-state index in [1.54, 1.807) is 0 Å². The van der Waals surface area contributed by atoms with Gasteiger partial charge in [-0.2, -0.15) is 0 Å². The molecule has 3 heteroatoms. The van der Waals surface area contributed by atoms with Crippen molar-refractivity contribution in [1.29, 1.82) is 0 Å². The average Bonchev–Trinajstić information content (AvgIpc) is 2.39. The first-order chi connectivity index (χ1) is 8.74. The molecule has 3 nitrogen and oxygen atoms in total. The van der Waals surface area contributed by atoms with Crippen LogP contribution >= 0.6 is 0 Å². The lowest BCUT2D eigenvalue weighted by Crippen LogP contribution is -2.43. The molecular weight excluding hydrogens is 224 g/mol. The van der Waals surface area contributed by atoms with Crippen molar-refractivity contribution in [3.63, 3.8) is 0 Å². The van der Waals surface area contributed by atoms with Crippen LogP contribution in [0.2, 0.25) is 0 Å². The van der Waals surface area contributed by atoms with Crippen LogP contribution in [0, 0.1) is 0 Å². The van der Waals surface area contributed by atoms with Crippen LogP contribution in [0.4, 0.5) is 0 Å². The van der Waals surface area contributed by atoms with Gasteiger partial charge in [-0.05, 0) is 45.0 Å². The Bertz CT molecular complexity index is 334. The van der Waals surface area contributed by atoms with Gasteiger partial charge in [-0.25, -0.2) is 0 Å². The second-order valence-corrected chi connectivity index (χ2v) is 5.33. The lowest BCUT2D eigenvalue weighted by Gasteiger charge is -2.30. The maximum absolute atomic E-state index is 10.0. The van der Waals surface area contributed by atoms with Gasteiger partial charge in [0.15, 0.2) is 0 Å². The molecule has 0 spiro atoms. The van der Waals surface area contributed by atoms with E-state index in [9.17, 15) is 5.11 Å². The Morgan fingerprint density at radius 2 is 1.94 bits per heavy atom. The van der Waals surface area contributed by atoms with Gasteiger partial charge in [0.05, 0.1) is 6.10 Å². The van der Waals surface area contributed by atoms with Crippen LogP contribution in [0.3, 0.4) is 0 Å². The third-order valence-corrected chi connectivity index (χ3v) is 3.67. The molecule has 1 atom stereocenters. The number of hydrogen-bond donors (Lipinski definition) is 2. The van der Waals surface area contributed by atoms with Crippen LogP contribution in [0.25, 0.3) is 0 Å². The number of rotatable bonds is 5. The number of aliphatic hydroxyl groups is 1. The molecule has 1 aliphatic rings. The maximum atomic E-state index is 10.0. The van der Waals surface area contributed by atoms with Gasteiger partial charge in [0.1, 0.15) is 0 Å². The minimum atomic E-state index is -0.285. The SMILES string of the molecule is CN1CCC(NCC(O)Cc2ccccc2)CC1. The van der Waals surface area contributed by atoms with Crippen molar-refractivity contribution in [2.24, 2.45) is 0 Å².